The van der Waals surface area contributed by atoms with Crippen molar-refractivity contribution in [2.45, 2.75) is 37.8 Å². The maximum atomic E-state index is 13.1. The summed E-state index contributed by atoms with van der Waals surface area (Å²) in [6.45, 7) is 1.52. The van der Waals surface area contributed by atoms with Crippen LogP contribution in [0.5, 0.6) is 0 Å². The Morgan fingerprint density at radius 2 is 1.83 bits per heavy atom. The van der Waals surface area contributed by atoms with E-state index in [1.807, 2.05) is 41.3 Å². The Morgan fingerprint density at radius 1 is 1.03 bits per heavy atom. The van der Waals surface area contributed by atoms with Gasteiger partial charge in [-0.2, -0.15) is 0 Å². The van der Waals surface area contributed by atoms with Crippen LogP contribution in [0, 0.1) is 5.82 Å². The van der Waals surface area contributed by atoms with Crippen LogP contribution in [-0.2, 0) is 29.0 Å². The fourth-order valence-corrected chi connectivity index (χ4v) is 4.75. The number of hydrogen-bond donors (Lipinski definition) is 3. The van der Waals surface area contributed by atoms with Gasteiger partial charge in [-0.15, -0.1) is 0 Å². The van der Waals surface area contributed by atoms with Crippen molar-refractivity contribution in [1.82, 2.24) is 10.2 Å². The van der Waals surface area contributed by atoms with Gasteiger partial charge < -0.3 is 21.3 Å². The van der Waals surface area contributed by atoms with Crippen molar-refractivity contribution in [2.75, 3.05) is 24.1 Å². The molecule has 1 fully saturated rings. The predicted octanol–water partition coefficient (Wildman–Crippen LogP) is 3.62. The second kappa shape index (κ2) is 9.88. The van der Waals surface area contributed by atoms with Crippen molar-refractivity contribution in [3.8, 4) is 0 Å². The molecular weight excluding hydrogens is 443 g/mol. The summed E-state index contributed by atoms with van der Waals surface area (Å²) in [6, 6.07) is 20.1. The lowest BCUT2D eigenvalue weighted by atomic mass is 9.96. The molecule has 180 valence electrons. The van der Waals surface area contributed by atoms with Gasteiger partial charge in [0.15, 0.2) is 0 Å². The molecule has 35 heavy (non-hydrogen) atoms. The average molecular weight is 473 g/mol. The van der Waals surface area contributed by atoms with Gasteiger partial charge in [0.25, 0.3) is 0 Å². The minimum Gasteiger partial charge on any atom is -0.397 e. The van der Waals surface area contributed by atoms with Crippen LogP contribution in [0.2, 0.25) is 0 Å². The van der Waals surface area contributed by atoms with E-state index in [1.165, 1.54) is 17.7 Å². The van der Waals surface area contributed by atoms with E-state index in [-0.39, 0.29) is 36.6 Å². The first-order valence-corrected chi connectivity index (χ1v) is 12.0. The molecule has 5 rings (SSSR count). The molecule has 2 aliphatic rings. The van der Waals surface area contributed by atoms with Crippen molar-refractivity contribution in [3.63, 3.8) is 0 Å². The number of halogens is 1. The van der Waals surface area contributed by atoms with E-state index in [0.717, 1.165) is 29.5 Å². The van der Waals surface area contributed by atoms with Crippen molar-refractivity contribution < 1.29 is 14.0 Å². The number of nitrogens with one attached hydrogen (secondary N) is 2. The zero-order chi connectivity index (χ0) is 24.4. The highest BCUT2D eigenvalue weighted by atomic mass is 19.1. The monoisotopic (exact) mass is 472 g/mol. The van der Waals surface area contributed by atoms with Crippen molar-refractivity contribution in [1.29, 1.82) is 0 Å². The molecule has 2 atom stereocenters. The maximum absolute atomic E-state index is 13.1. The molecule has 7 heteroatoms. The van der Waals surface area contributed by atoms with E-state index in [9.17, 15) is 14.0 Å². The number of hydrogen-bond acceptors (Lipinski definition) is 4. The van der Waals surface area contributed by atoms with Gasteiger partial charge in [0, 0.05) is 25.0 Å². The largest absolute Gasteiger partial charge is 0.397 e. The lowest BCUT2D eigenvalue weighted by Gasteiger charge is -2.29. The van der Waals surface area contributed by atoms with Crippen LogP contribution in [0.3, 0.4) is 0 Å². The second-order valence-electron chi connectivity index (χ2n) is 9.36. The number of carbonyl (C=O) groups is 2. The number of fused-ring (bicyclic) bond motifs is 1. The normalized spacial score (nSPS) is 18.6. The number of nitrogens with zero attached hydrogens (tertiary/aromatic N) is 1. The van der Waals surface area contributed by atoms with Crippen LogP contribution in [-0.4, -0.2) is 35.8 Å². The lowest BCUT2D eigenvalue weighted by molar-refractivity contribution is -0.131. The topological polar surface area (TPSA) is 87.5 Å². The summed E-state index contributed by atoms with van der Waals surface area (Å²) in [4.78, 5) is 27.3. The van der Waals surface area contributed by atoms with E-state index in [2.05, 4.69) is 16.7 Å². The zero-order valence-corrected chi connectivity index (χ0v) is 19.5. The number of nitrogen functional groups attached to an aromatic ring is 1. The Kier molecular flexibility index (Phi) is 6.51. The molecule has 4 N–H and O–H groups in total. The minimum atomic E-state index is -0.232. The molecule has 0 radical (unpaired) electrons. The molecule has 0 bridgehead atoms. The van der Waals surface area contributed by atoms with E-state index in [0.29, 0.717) is 30.4 Å². The van der Waals surface area contributed by atoms with Crippen LogP contribution in [0.4, 0.5) is 15.8 Å². The van der Waals surface area contributed by atoms with Gasteiger partial charge in [0.1, 0.15) is 5.82 Å². The Morgan fingerprint density at radius 3 is 2.63 bits per heavy atom. The third-order valence-electron chi connectivity index (χ3n) is 6.84. The van der Waals surface area contributed by atoms with Crippen LogP contribution >= 0.6 is 0 Å². The first-order chi connectivity index (χ1) is 17.0. The van der Waals surface area contributed by atoms with Crippen molar-refractivity contribution in [3.05, 3.63) is 94.8 Å². The van der Waals surface area contributed by atoms with Crippen LogP contribution in [0.15, 0.2) is 66.7 Å². The summed E-state index contributed by atoms with van der Waals surface area (Å²) >= 11 is 0. The summed E-state index contributed by atoms with van der Waals surface area (Å²) in [5.41, 5.74) is 11.4. The minimum absolute atomic E-state index is 0.0723. The fraction of sp³-hybridized carbons (Fsp3) is 0.286. The first kappa shape index (κ1) is 23.1. The van der Waals surface area contributed by atoms with Gasteiger partial charge in [-0.05, 0) is 59.4 Å². The number of para-hydroxylation sites is 2. The van der Waals surface area contributed by atoms with Crippen LogP contribution in [0.1, 0.15) is 34.6 Å². The number of benzene rings is 3. The fourth-order valence-electron chi connectivity index (χ4n) is 4.75. The molecule has 1 heterocycles. The molecule has 3 aromatic carbocycles. The van der Waals surface area contributed by atoms with Gasteiger partial charge in [0.2, 0.25) is 11.8 Å². The predicted molar refractivity (Wildman–Crippen MR) is 134 cm³/mol. The van der Waals surface area contributed by atoms with Gasteiger partial charge in [0.05, 0.1) is 24.3 Å². The second-order valence-corrected chi connectivity index (χ2v) is 9.36. The quantitative estimate of drug-likeness (QED) is 0.459. The SMILES string of the molecule is Nc1ccccc1NC(=O)Cc1ccc2c(c1)CN(C(=O)CNC1CC1c1ccc(F)cc1)CC2. The van der Waals surface area contributed by atoms with Crippen molar-refractivity contribution in [2.24, 2.45) is 0 Å². The van der Waals surface area contributed by atoms with E-state index in [4.69, 9.17) is 5.73 Å². The standard InChI is InChI=1S/C28H29FN4O2/c29-22-9-7-20(8-10-22)23-15-26(23)31-16-28(35)33-12-11-19-6-5-18(13-21(19)17-33)14-27(34)32-25-4-2-1-3-24(25)30/h1-10,13,23,26,31H,11-12,14-17,30H2,(H,32,34). The lowest BCUT2D eigenvalue weighted by Crippen LogP contribution is -2.41. The number of nitrogens with two attached hydrogens (primary N) is 1. The van der Waals surface area contributed by atoms with Gasteiger partial charge in [-0.3, -0.25) is 9.59 Å². The molecule has 2 unspecified atom stereocenters. The average Bonchev–Trinajstić information content (AvgIpc) is 3.63. The smallest absolute Gasteiger partial charge is 0.236 e. The summed E-state index contributed by atoms with van der Waals surface area (Å²) in [7, 11) is 0. The van der Waals surface area contributed by atoms with E-state index < -0.39 is 0 Å². The molecule has 1 aliphatic carbocycles. The molecule has 0 aromatic heterocycles. The molecule has 1 aliphatic heterocycles. The highest BCUT2D eigenvalue weighted by Gasteiger charge is 2.38. The molecular formula is C28H29FN4O2. The molecule has 1 saturated carbocycles. The van der Waals surface area contributed by atoms with E-state index in [1.54, 1.807) is 12.1 Å². The van der Waals surface area contributed by atoms with Crippen LogP contribution < -0.4 is 16.4 Å². The Bertz CT molecular complexity index is 1240. The highest BCUT2D eigenvalue weighted by molar-refractivity contribution is 5.95. The third-order valence-corrected chi connectivity index (χ3v) is 6.84. The molecule has 3 aromatic rings. The van der Waals surface area contributed by atoms with Gasteiger partial charge in [-0.1, -0.05) is 42.5 Å². The zero-order valence-electron chi connectivity index (χ0n) is 19.5. The Hall–Kier alpha value is -3.71. The summed E-state index contributed by atoms with van der Waals surface area (Å²) < 4.78 is 13.1. The maximum Gasteiger partial charge on any atom is 0.236 e. The van der Waals surface area contributed by atoms with Crippen LogP contribution in [0.25, 0.3) is 0 Å². The summed E-state index contributed by atoms with van der Waals surface area (Å²) in [5.74, 6) is 0.0496. The first-order valence-electron chi connectivity index (χ1n) is 12.0. The number of rotatable bonds is 7. The molecule has 0 saturated heterocycles. The molecule has 2 amide bonds. The number of amides is 2. The van der Waals surface area contributed by atoms with E-state index >= 15 is 0 Å². The summed E-state index contributed by atoms with van der Waals surface area (Å²) in [6.07, 6.45) is 2.00. The molecule has 6 nitrogen and oxygen atoms in total. The highest BCUT2D eigenvalue weighted by Crippen LogP contribution is 2.40. The third kappa shape index (κ3) is 5.52. The number of carbonyl (C=O) groups excluding carboxylic acids is 2. The Balaban J connectivity index is 1.14. The summed E-state index contributed by atoms with van der Waals surface area (Å²) in [5, 5.41) is 6.22. The van der Waals surface area contributed by atoms with Gasteiger partial charge >= 0.3 is 0 Å². The number of anilines is 2. The van der Waals surface area contributed by atoms with Crippen molar-refractivity contribution >= 4 is 23.2 Å². The Labute approximate surface area is 204 Å². The van der Waals surface area contributed by atoms with Gasteiger partial charge in [-0.25, -0.2) is 4.39 Å². The molecule has 0 spiro atoms.